The van der Waals surface area contributed by atoms with Gasteiger partial charge in [0.1, 0.15) is 5.82 Å². The normalized spacial score (nSPS) is 10.6. The first-order chi connectivity index (χ1) is 7.52. The molecule has 0 aliphatic heterocycles. The zero-order valence-electron chi connectivity index (χ0n) is 9.17. The van der Waals surface area contributed by atoms with E-state index in [-0.39, 0.29) is 18.3 Å². The quantitative estimate of drug-likeness (QED) is 0.761. The van der Waals surface area contributed by atoms with Crippen molar-refractivity contribution in [3.05, 3.63) is 34.6 Å². The molecule has 0 aliphatic rings. The molecule has 0 spiro atoms. The lowest BCUT2D eigenvalue weighted by molar-refractivity contribution is -0.141. The molecule has 0 atom stereocenters. The minimum Gasteiger partial charge on any atom is -0.468 e. The van der Waals surface area contributed by atoms with Crippen molar-refractivity contribution in [2.75, 3.05) is 20.7 Å². The molecule has 0 N–H and O–H groups in total. The number of hydrogen-bond acceptors (Lipinski definition) is 3. The number of benzene rings is 1. The van der Waals surface area contributed by atoms with Gasteiger partial charge in [0.05, 0.1) is 13.7 Å². The first-order valence-corrected chi connectivity index (χ1v) is 5.10. The molecule has 0 bridgehead atoms. The highest BCUT2D eigenvalue weighted by Crippen LogP contribution is 2.18. The summed E-state index contributed by atoms with van der Waals surface area (Å²) in [6.07, 6.45) is 0. The van der Waals surface area contributed by atoms with Crippen molar-refractivity contribution in [2.45, 2.75) is 6.54 Å². The van der Waals surface area contributed by atoms with Gasteiger partial charge < -0.3 is 4.74 Å². The monoisotopic (exact) mass is 245 g/mol. The van der Waals surface area contributed by atoms with Gasteiger partial charge >= 0.3 is 5.97 Å². The average molecular weight is 246 g/mol. The number of carbonyl (C=O) groups excluding carboxylic acids is 1. The summed E-state index contributed by atoms with van der Waals surface area (Å²) < 4.78 is 17.3. The summed E-state index contributed by atoms with van der Waals surface area (Å²) in [5.41, 5.74) is 0.773. The third-order valence-electron chi connectivity index (χ3n) is 2.08. The van der Waals surface area contributed by atoms with E-state index in [1.165, 1.54) is 19.2 Å². The van der Waals surface area contributed by atoms with Gasteiger partial charge in [-0.25, -0.2) is 4.39 Å². The topological polar surface area (TPSA) is 29.5 Å². The van der Waals surface area contributed by atoms with Crippen molar-refractivity contribution in [3.63, 3.8) is 0 Å². The summed E-state index contributed by atoms with van der Waals surface area (Å²) in [4.78, 5) is 12.7. The number of rotatable bonds is 4. The SMILES string of the molecule is COC(=O)CN(C)Cc1ccc(F)cc1Cl. The highest BCUT2D eigenvalue weighted by molar-refractivity contribution is 6.31. The molecule has 0 saturated heterocycles. The second-order valence-electron chi connectivity index (χ2n) is 3.48. The van der Waals surface area contributed by atoms with Gasteiger partial charge in [-0.1, -0.05) is 17.7 Å². The van der Waals surface area contributed by atoms with Crippen LogP contribution < -0.4 is 0 Å². The summed E-state index contributed by atoms with van der Waals surface area (Å²) in [7, 11) is 3.09. The smallest absolute Gasteiger partial charge is 0.319 e. The summed E-state index contributed by atoms with van der Waals surface area (Å²) in [5.74, 6) is -0.690. The minimum atomic E-state index is -0.371. The number of esters is 1. The Hall–Kier alpha value is -1.13. The lowest BCUT2D eigenvalue weighted by Gasteiger charge is -2.15. The Morgan fingerprint density at radius 3 is 2.81 bits per heavy atom. The lowest BCUT2D eigenvalue weighted by Crippen LogP contribution is -2.26. The fourth-order valence-corrected chi connectivity index (χ4v) is 1.51. The molecule has 3 nitrogen and oxygen atoms in total. The Morgan fingerprint density at radius 1 is 1.56 bits per heavy atom. The van der Waals surface area contributed by atoms with Gasteiger partial charge in [-0.3, -0.25) is 9.69 Å². The third kappa shape index (κ3) is 3.79. The van der Waals surface area contributed by atoms with E-state index in [9.17, 15) is 9.18 Å². The maximum Gasteiger partial charge on any atom is 0.319 e. The summed E-state index contributed by atoms with van der Waals surface area (Å²) in [5, 5.41) is 0.358. The number of likely N-dealkylation sites (N-methyl/N-ethyl adjacent to an activating group) is 1. The number of methoxy groups -OCH3 is 1. The summed E-state index contributed by atoms with van der Waals surface area (Å²) in [6, 6.07) is 4.20. The molecule has 0 radical (unpaired) electrons. The van der Waals surface area contributed by atoms with Crippen LogP contribution >= 0.6 is 11.6 Å². The van der Waals surface area contributed by atoms with Crippen LogP contribution in [0.4, 0.5) is 4.39 Å². The minimum absolute atomic E-state index is 0.171. The average Bonchev–Trinajstić information content (AvgIpc) is 2.22. The summed E-state index contributed by atoms with van der Waals surface area (Å²) >= 11 is 5.86. The Labute approximate surface area is 98.8 Å². The maximum absolute atomic E-state index is 12.8. The molecule has 0 amide bonds. The van der Waals surface area contributed by atoms with Gasteiger partial charge in [-0.2, -0.15) is 0 Å². The molecule has 88 valence electrons. The number of carbonyl (C=O) groups is 1. The maximum atomic E-state index is 12.8. The van der Waals surface area contributed by atoms with Crippen LogP contribution in [0.25, 0.3) is 0 Å². The Bertz CT molecular complexity index is 384. The first kappa shape index (κ1) is 12.9. The van der Waals surface area contributed by atoms with E-state index >= 15 is 0 Å². The van der Waals surface area contributed by atoms with Gasteiger partial charge in [-0.15, -0.1) is 0 Å². The van der Waals surface area contributed by atoms with Crippen molar-refractivity contribution in [1.82, 2.24) is 4.90 Å². The largest absolute Gasteiger partial charge is 0.468 e. The van der Waals surface area contributed by atoms with Crippen LogP contribution in [0.1, 0.15) is 5.56 Å². The van der Waals surface area contributed by atoms with Crippen LogP contribution in [-0.4, -0.2) is 31.6 Å². The molecular weight excluding hydrogens is 233 g/mol. The molecule has 0 fully saturated rings. The zero-order valence-corrected chi connectivity index (χ0v) is 9.92. The number of nitrogens with zero attached hydrogens (tertiary/aromatic N) is 1. The van der Waals surface area contributed by atoms with Crippen molar-refractivity contribution in [1.29, 1.82) is 0 Å². The highest BCUT2D eigenvalue weighted by atomic mass is 35.5. The fraction of sp³-hybridized carbons (Fsp3) is 0.364. The molecule has 0 aliphatic carbocycles. The number of ether oxygens (including phenoxy) is 1. The molecule has 0 saturated carbocycles. The van der Waals surface area contributed by atoms with E-state index in [2.05, 4.69) is 4.74 Å². The number of halogens is 2. The highest BCUT2D eigenvalue weighted by Gasteiger charge is 2.09. The summed E-state index contributed by atoms with van der Waals surface area (Å²) in [6.45, 7) is 0.637. The first-order valence-electron chi connectivity index (χ1n) is 4.72. The Kier molecular flexibility index (Phi) is 4.71. The predicted molar refractivity (Wildman–Crippen MR) is 59.8 cm³/mol. The molecule has 1 aromatic carbocycles. The molecule has 1 rings (SSSR count). The van der Waals surface area contributed by atoms with Crippen LogP contribution in [0.2, 0.25) is 5.02 Å². The van der Waals surface area contributed by atoms with E-state index in [1.807, 2.05) is 0 Å². The molecule has 0 unspecified atom stereocenters. The van der Waals surface area contributed by atoms with Gasteiger partial charge in [-0.05, 0) is 24.7 Å². The Morgan fingerprint density at radius 2 is 2.25 bits per heavy atom. The standard InChI is InChI=1S/C11H13ClFNO2/c1-14(7-11(15)16-2)6-8-3-4-9(13)5-10(8)12/h3-5H,6-7H2,1-2H3. The van der Waals surface area contributed by atoms with E-state index in [4.69, 9.17) is 11.6 Å². The van der Waals surface area contributed by atoms with E-state index < -0.39 is 0 Å². The zero-order chi connectivity index (χ0) is 12.1. The van der Waals surface area contributed by atoms with Crippen LogP contribution in [-0.2, 0) is 16.1 Å². The van der Waals surface area contributed by atoms with Crippen molar-refractivity contribution in [3.8, 4) is 0 Å². The molecule has 0 aromatic heterocycles. The molecular formula is C11H13ClFNO2. The predicted octanol–water partition coefficient (Wildman–Crippen LogP) is 2.08. The van der Waals surface area contributed by atoms with E-state index in [0.29, 0.717) is 11.6 Å². The van der Waals surface area contributed by atoms with Gasteiger partial charge in [0.2, 0.25) is 0 Å². The van der Waals surface area contributed by atoms with Gasteiger partial charge in [0, 0.05) is 11.6 Å². The molecule has 16 heavy (non-hydrogen) atoms. The van der Waals surface area contributed by atoms with E-state index in [1.54, 1.807) is 18.0 Å². The third-order valence-corrected chi connectivity index (χ3v) is 2.43. The molecule has 1 aromatic rings. The van der Waals surface area contributed by atoms with Crippen molar-refractivity contribution in [2.24, 2.45) is 0 Å². The molecule has 5 heteroatoms. The van der Waals surface area contributed by atoms with Crippen molar-refractivity contribution < 1.29 is 13.9 Å². The second kappa shape index (κ2) is 5.82. The van der Waals surface area contributed by atoms with E-state index in [0.717, 1.165) is 5.56 Å². The lowest BCUT2D eigenvalue weighted by atomic mass is 10.2. The van der Waals surface area contributed by atoms with Crippen LogP contribution in [0.5, 0.6) is 0 Å². The van der Waals surface area contributed by atoms with Crippen molar-refractivity contribution >= 4 is 17.6 Å². The van der Waals surface area contributed by atoms with Gasteiger partial charge in [0.25, 0.3) is 0 Å². The van der Waals surface area contributed by atoms with Gasteiger partial charge in [0.15, 0.2) is 0 Å². The second-order valence-corrected chi connectivity index (χ2v) is 3.89. The number of hydrogen-bond donors (Lipinski definition) is 0. The molecule has 0 heterocycles. The van der Waals surface area contributed by atoms with Crippen LogP contribution in [0.3, 0.4) is 0 Å². The Balaban J connectivity index is 2.62. The van der Waals surface area contributed by atoms with Crippen LogP contribution in [0, 0.1) is 5.82 Å². The fourth-order valence-electron chi connectivity index (χ4n) is 1.28. The van der Waals surface area contributed by atoms with Crippen LogP contribution in [0.15, 0.2) is 18.2 Å².